The van der Waals surface area contributed by atoms with Crippen molar-refractivity contribution in [2.24, 2.45) is 5.92 Å². The molecule has 8 heavy (non-hydrogen) atoms. The largest absolute Gasteiger partial charge is 0.389 e. The van der Waals surface area contributed by atoms with Gasteiger partial charge in [0, 0.05) is 30.9 Å². The minimum atomic E-state index is 0.641. The van der Waals surface area contributed by atoms with Crippen molar-refractivity contribution in [1.29, 1.82) is 0 Å². The van der Waals surface area contributed by atoms with Crippen LogP contribution in [-0.4, -0.2) is 13.1 Å². The highest BCUT2D eigenvalue weighted by Gasteiger charge is 2.23. The molecule has 0 radical (unpaired) electrons. The van der Waals surface area contributed by atoms with Crippen molar-refractivity contribution in [3.05, 3.63) is 11.9 Å². The Bertz CT molecular complexity index is 155. The van der Waals surface area contributed by atoms with Gasteiger partial charge in [-0.15, -0.1) is 0 Å². The van der Waals surface area contributed by atoms with E-state index in [9.17, 15) is 0 Å². The van der Waals surface area contributed by atoms with Crippen molar-refractivity contribution < 1.29 is 1.41 Å². The normalized spacial score (nSPS) is 36.0. The molecule has 2 rings (SSSR count). The Morgan fingerprint density at radius 2 is 2.88 bits per heavy atom. The molecule has 0 spiro atoms. The number of rotatable bonds is 0. The summed E-state index contributed by atoms with van der Waals surface area (Å²) in [5, 5.41) is 4.72. The van der Waals surface area contributed by atoms with Crippen molar-refractivity contribution >= 4 is 0 Å². The van der Waals surface area contributed by atoms with E-state index >= 15 is 0 Å². The zero-order chi connectivity index (χ0) is 6.27. The lowest BCUT2D eigenvalue weighted by atomic mass is 10.1. The fourth-order valence-corrected chi connectivity index (χ4v) is 1.30. The molecule has 0 aromatic heterocycles. The molecule has 0 aliphatic carbocycles. The average Bonchev–Trinajstić information content (AvgIpc) is 2.35. The maximum atomic E-state index is 7.38. The van der Waals surface area contributed by atoms with Gasteiger partial charge < -0.3 is 10.6 Å². The monoisotopic (exact) mass is 111 g/mol. The Morgan fingerprint density at radius 1 is 1.88 bits per heavy atom. The highest BCUT2D eigenvalue weighted by atomic mass is 15.0. The molecule has 1 atom stereocenters. The predicted octanol–water partition coefficient (Wildman–Crippen LogP) is 0.0405. The molecule has 2 heterocycles. The van der Waals surface area contributed by atoms with Crippen LogP contribution in [0.5, 0.6) is 0 Å². The van der Waals surface area contributed by atoms with Crippen LogP contribution in [0, 0.1) is 5.92 Å². The SMILES string of the molecule is [2H]N1CC[C@H]2CNC=C21. The van der Waals surface area contributed by atoms with Gasteiger partial charge in [0.25, 0.3) is 0 Å². The summed E-state index contributed by atoms with van der Waals surface area (Å²) in [6.07, 6.45) is 3.12. The molecule has 2 heteroatoms. The van der Waals surface area contributed by atoms with E-state index in [0.717, 1.165) is 19.5 Å². The fraction of sp³-hybridized carbons (Fsp3) is 0.667. The number of nitrogens with one attached hydrogen (secondary N) is 2. The summed E-state index contributed by atoms with van der Waals surface area (Å²) >= 11 is 0. The van der Waals surface area contributed by atoms with E-state index in [0.29, 0.717) is 5.92 Å². The second-order valence-electron chi connectivity index (χ2n) is 2.34. The molecule has 1 saturated heterocycles. The van der Waals surface area contributed by atoms with E-state index in [2.05, 4.69) is 5.32 Å². The lowest BCUT2D eigenvalue weighted by Gasteiger charge is -1.97. The molecule has 44 valence electrons. The van der Waals surface area contributed by atoms with Gasteiger partial charge in [0.2, 0.25) is 0 Å². The van der Waals surface area contributed by atoms with Gasteiger partial charge in [-0.2, -0.15) is 0 Å². The van der Waals surface area contributed by atoms with Crippen LogP contribution in [-0.2, 0) is 0 Å². The number of hydrogen-bond acceptors (Lipinski definition) is 2. The van der Waals surface area contributed by atoms with E-state index in [1.54, 1.807) is 5.31 Å². The Balaban J connectivity index is 2.22. The van der Waals surface area contributed by atoms with Crippen molar-refractivity contribution in [2.45, 2.75) is 6.42 Å². The van der Waals surface area contributed by atoms with Gasteiger partial charge in [-0.25, -0.2) is 0 Å². The third kappa shape index (κ3) is 0.427. The minimum absolute atomic E-state index is 0.641. The Kier molecular flexibility index (Phi) is 0.594. The molecule has 1 fully saturated rings. The van der Waals surface area contributed by atoms with Crippen LogP contribution in [0.1, 0.15) is 6.42 Å². The predicted molar refractivity (Wildman–Crippen MR) is 32.2 cm³/mol. The summed E-state index contributed by atoms with van der Waals surface area (Å²) in [6, 6.07) is 0. The van der Waals surface area contributed by atoms with Gasteiger partial charge in [0.05, 0.1) is 0 Å². The summed E-state index contributed by atoms with van der Waals surface area (Å²) < 4.78 is 7.38. The second-order valence-corrected chi connectivity index (χ2v) is 2.34. The summed E-state index contributed by atoms with van der Waals surface area (Å²) in [6.45, 7) is 1.96. The van der Waals surface area contributed by atoms with Gasteiger partial charge in [-0.1, -0.05) is 0 Å². The molecular formula is C6H10N2. The Morgan fingerprint density at radius 3 is 3.75 bits per heavy atom. The Hall–Kier alpha value is -0.660. The molecule has 2 aliphatic rings. The molecular weight excluding hydrogens is 100 g/mol. The first-order valence-electron chi connectivity index (χ1n) is 3.52. The van der Waals surface area contributed by atoms with E-state index < -0.39 is 0 Å². The number of hydrogen-bond donors (Lipinski definition) is 2. The maximum Gasteiger partial charge on any atom is 0.160 e. The first kappa shape index (κ1) is 3.38. The first-order chi connectivity index (χ1) is 4.38. The van der Waals surface area contributed by atoms with Crippen molar-refractivity contribution in [3.63, 3.8) is 0 Å². The minimum Gasteiger partial charge on any atom is -0.389 e. The van der Waals surface area contributed by atoms with Gasteiger partial charge >= 0.3 is 0 Å². The van der Waals surface area contributed by atoms with Crippen LogP contribution in [0.25, 0.3) is 0 Å². The lowest BCUT2D eigenvalue weighted by Crippen LogP contribution is -2.07. The summed E-state index contributed by atoms with van der Waals surface area (Å²) in [5.74, 6) is 0.641. The topological polar surface area (TPSA) is 24.1 Å². The smallest absolute Gasteiger partial charge is 0.160 e. The fourth-order valence-electron chi connectivity index (χ4n) is 1.30. The highest BCUT2D eigenvalue weighted by molar-refractivity contribution is 5.13. The molecule has 0 unspecified atom stereocenters. The summed E-state index contributed by atoms with van der Waals surface area (Å²) in [5.41, 5.74) is 1.18. The molecule has 0 bridgehead atoms. The van der Waals surface area contributed by atoms with E-state index in [4.69, 9.17) is 1.41 Å². The van der Waals surface area contributed by atoms with E-state index in [1.165, 1.54) is 5.70 Å². The zero-order valence-corrected chi connectivity index (χ0v) is 4.72. The van der Waals surface area contributed by atoms with Crippen LogP contribution in [0.4, 0.5) is 0 Å². The van der Waals surface area contributed by atoms with Gasteiger partial charge in [-0.3, -0.25) is 0 Å². The first-order valence-corrected chi connectivity index (χ1v) is 3.08. The molecule has 0 amide bonds. The zero-order valence-electron chi connectivity index (χ0n) is 5.72. The van der Waals surface area contributed by atoms with Gasteiger partial charge in [0.15, 0.2) is 1.41 Å². The van der Waals surface area contributed by atoms with E-state index in [-0.39, 0.29) is 0 Å². The third-order valence-electron chi connectivity index (χ3n) is 1.80. The molecule has 0 saturated carbocycles. The standard InChI is InChI=1S/C6H10N2/c1-2-8-6-4-7-3-5(1)6/h4-5,7-8H,1-3H2/t5-/m0/s1/i/hD. The third-order valence-corrected chi connectivity index (χ3v) is 1.80. The lowest BCUT2D eigenvalue weighted by molar-refractivity contribution is 0.647. The van der Waals surface area contributed by atoms with Crippen LogP contribution < -0.4 is 10.6 Å². The quantitative estimate of drug-likeness (QED) is 0.461. The molecule has 2 nitrogen and oxygen atoms in total. The van der Waals surface area contributed by atoms with Gasteiger partial charge in [-0.05, 0) is 6.42 Å². The Labute approximate surface area is 50.4 Å². The van der Waals surface area contributed by atoms with Crippen LogP contribution >= 0.6 is 0 Å². The molecule has 2 N–H and O–H groups in total. The van der Waals surface area contributed by atoms with Crippen LogP contribution in [0.2, 0.25) is 1.41 Å². The number of fused-ring (bicyclic) bond motifs is 1. The molecule has 0 aromatic rings. The average molecular weight is 111 g/mol. The highest BCUT2D eigenvalue weighted by Crippen LogP contribution is 2.20. The van der Waals surface area contributed by atoms with Crippen LogP contribution in [0.15, 0.2) is 11.9 Å². The molecule has 2 aliphatic heterocycles. The second kappa shape index (κ2) is 1.41. The van der Waals surface area contributed by atoms with Crippen molar-refractivity contribution in [1.82, 2.24) is 10.6 Å². The maximum absolute atomic E-state index is 7.38. The van der Waals surface area contributed by atoms with Crippen LogP contribution in [0.3, 0.4) is 0 Å². The van der Waals surface area contributed by atoms with Crippen molar-refractivity contribution in [3.8, 4) is 0 Å². The summed E-state index contributed by atoms with van der Waals surface area (Å²) in [7, 11) is 0. The van der Waals surface area contributed by atoms with Crippen molar-refractivity contribution in [2.75, 3.05) is 13.1 Å². The van der Waals surface area contributed by atoms with E-state index in [1.807, 2.05) is 6.20 Å². The molecule has 0 aromatic carbocycles. The van der Waals surface area contributed by atoms with Gasteiger partial charge in [0.1, 0.15) is 0 Å². The summed E-state index contributed by atoms with van der Waals surface area (Å²) in [4.78, 5) is 0.